The van der Waals surface area contributed by atoms with Crippen LogP contribution in [0.25, 0.3) is 10.9 Å². The number of hydrogen-bond acceptors (Lipinski definition) is 8. The van der Waals surface area contributed by atoms with Crippen LogP contribution >= 0.6 is 0 Å². The number of fused-ring (bicyclic) bond motifs is 1. The fourth-order valence-electron chi connectivity index (χ4n) is 4.66. The standard InChI is InChI=1S/C30H32FN5O4/c1-36-11-9-19(10-12-36)17-40-28-16-26-23(15-27(28)39-3)29(33-18-32-26)35-25-8-7-21(14-24(25)31)34-30(37)20-5-4-6-22(13-20)38-2/h4-8,13-16,18-19H,9-12,17H2,1-3H3,(H,34,37)(H,32,33,35). The minimum Gasteiger partial charge on any atom is -0.497 e. The molecule has 0 unspecified atom stereocenters. The Bertz CT molecular complexity index is 1510. The lowest BCUT2D eigenvalue weighted by Crippen LogP contribution is -2.32. The lowest BCUT2D eigenvalue weighted by Gasteiger charge is -2.28. The van der Waals surface area contributed by atoms with Gasteiger partial charge in [-0.1, -0.05) is 6.07 Å². The van der Waals surface area contributed by atoms with Gasteiger partial charge in [-0.3, -0.25) is 4.79 Å². The molecule has 0 bridgehead atoms. The highest BCUT2D eigenvalue weighted by molar-refractivity contribution is 6.04. The second-order valence-corrected chi connectivity index (χ2v) is 9.81. The van der Waals surface area contributed by atoms with Crippen LogP contribution < -0.4 is 24.8 Å². The second-order valence-electron chi connectivity index (χ2n) is 9.81. The normalized spacial score (nSPS) is 14.1. The largest absolute Gasteiger partial charge is 0.497 e. The number of likely N-dealkylation sites (tertiary alicyclic amines) is 1. The van der Waals surface area contributed by atoms with E-state index in [1.54, 1.807) is 49.6 Å². The minimum atomic E-state index is -0.555. The van der Waals surface area contributed by atoms with Crippen molar-refractivity contribution in [3.8, 4) is 17.2 Å². The van der Waals surface area contributed by atoms with Crippen molar-refractivity contribution in [1.29, 1.82) is 0 Å². The van der Waals surface area contributed by atoms with Gasteiger partial charge in [-0.2, -0.15) is 0 Å². The summed E-state index contributed by atoms with van der Waals surface area (Å²) in [6.07, 6.45) is 3.61. The number of rotatable bonds is 9. The number of nitrogens with zero attached hydrogens (tertiary/aromatic N) is 3. The number of ether oxygens (including phenoxy) is 3. The summed E-state index contributed by atoms with van der Waals surface area (Å²) < 4.78 is 32.0. The van der Waals surface area contributed by atoms with E-state index in [2.05, 4.69) is 32.5 Å². The van der Waals surface area contributed by atoms with Gasteiger partial charge in [0.05, 0.1) is 32.0 Å². The van der Waals surface area contributed by atoms with Gasteiger partial charge >= 0.3 is 0 Å². The van der Waals surface area contributed by atoms with Crippen molar-refractivity contribution < 1.29 is 23.4 Å². The number of carbonyl (C=O) groups excluding carboxylic acids is 1. The average molecular weight is 546 g/mol. The average Bonchev–Trinajstić information content (AvgIpc) is 2.98. The number of anilines is 3. The Morgan fingerprint density at radius 2 is 1.85 bits per heavy atom. The quantitative estimate of drug-likeness (QED) is 0.285. The van der Waals surface area contributed by atoms with Gasteiger partial charge in [0.2, 0.25) is 0 Å². The van der Waals surface area contributed by atoms with Crippen LogP contribution in [0.2, 0.25) is 0 Å². The number of halogens is 1. The van der Waals surface area contributed by atoms with Crippen LogP contribution in [0.3, 0.4) is 0 Å². The van der Waals surface area contributed by atoms with Crippen LogP contribution in [0.5, 0.6) is 17.2 Å². The molecule has 10 heteroatoms. The molecule has 1 fully saturated rings. The summed E-state index contributed by atoms with van der Waals surface area (Å²) in [5.41, 5.74) is 1.55. The van der Waals surface area contributed by atoms with Gasteiger partial charge in [0.25, 0.3) is 5.91 Å². The summed E-state index contributed by atoms with van der Waals surface area (Å²) in [4.78, 5) is 23.7. The molecule has 1 aliphatic heterocycles. The smallest absolute Gasteiger partial charge is 0.255 e. The van der Waals surface area contributed by atoms with Crippen molar-refractivity contribution in [3.05, 3.63) is 72.3 Å². The summed E-state index contributed by atoms with van der Waals surface area (Å²) in [7, 11) is 5.24. The van der Waals surface area contributed by atoms with Gasteiger partial charge in [-0.25, -0.2) is 14.4 Å². The number of amides is 1. The molecule has 9 nitrogen and oxygen atoms in total. The van der Waals surface area contributed by atoms with E-state index in [0.717, 1.165) is 25.9 Å². The third-order valence-electron chi connectivity index (χ3n) is 7.05. The molecule has 2 N–H and O–H groups in total. The molecular weight excluding hydrogens is 513 g/mol. The van der Waals surface area contributed by atoms with Crippen LogP contribution in [-0.2, 0) is 0 Å². The predicted molar refractivity (Wildman–Crippen MR) is 152 cm³/mol. The van der Waals surface area contributed by atoms with E-state index in [0.29, 0.717) is 57.7 Å². The number of hydrogen-bond donors (Lipinski definition) is 2. The molecule has 40 heavy (non-hydrogen) atoms. The SMILES string of the molecule is COc1cccc(C(=O)Nc2ccc(Nc3ncnc4cc(OCC5CCN(C)CC5)c(OC)cc34)c(F)c2)c1. The minimum absolute atomic E-state index is 0.195. The maximum atomic E-state index is 15.1. The number of aromatic nitrogens is 2. The Labute approximate surface area is 232 Å². The number of benzene rings is 3. The van der Waals surface area contributed by atoms with E-state index in [9.17, 15) is 4.79 Å². The summed E-state index contributed by atoms with van der Waals surface area (Å²) in [5.74, 6) is 1.70. The Hall–Kier alpha value is -4.44. The second kappa shape index (κ2) is 12.2. The molecule has 0 spiro atoms. The zero-order valence-corrected chi connectivity index (χ0v) is 22.7. The number of methoxy groups -OCH3 is 2. The molecule has 4 aromatic rings. The molecule has 0 atom stereocenters. The molecule has 2 heterocycles. The van der Waals surface area contributed by atoms with Crippen molar-refractivity contribution in [2.75, 3.05) is 51.6 Å². The summed E-state index contributed by atoms with van der Waals surface area (Å²) in [6.45, 7) is 2.74. The van der Waals surface area contributed by atoms with Crippen LogP contribution in [-0.4, -0.2) is 61.7 Å². The third kappa shape index (κ3) is 6.23. The van der Waals surface area contributed by atoms with Crippen molar-refractivity contribution >= 4 is 34.0 Å². The van der Waals surface area contributed by atoms with Crippen LogP contribution in [0, 0.1) is 11.7 Å². The molecule has 3 aromatic carbocycles. The third-order valence-corrected chi connectivity index (χ3v) is 7.05. The van der Waals surface area contributed by atoms with E-state index >= 15 is 4.39 Å². The number of carbonyl (C=O) groups is 1. The van der Waals surface area contributed by atoms with E-state index in [4.69, 9.17) is 14.2 Å². The van der Waals surface area contributed by atoms with Crippen LogP contribution in [0.4, 0.5) is 21.6 Å². The first-order chi connectivity index (χ1) is 19.4. The van der Waals surface area contributed by atoms with Gasteiger partial charge in [0, 0.05) is 22.7 Å². The monoisotopic (exact) mass is 545 g/mol. The highest BCUT2D eigenvalue weighted by Gasteiger charge is 2.19. The Morgan fingerprint density at radius 1 is 1.02 bits per heavy atom. The van der Waals surface area contributed by atoms with Crippen molar-refractivity contribution in [2.24, 2.45) is 5.92 Å². The molecule has 1 amide bonds. The van der Waals surface area contributed by atoms with Crippen molar-refractivity contribution in [3.63, 3.8) is 0 Å². The van der Waals surface area contributed by atoms with Gasteiger partial charge in [0.15, 0.2) is 11.5 Å². The van der Waals surface area contributed by atoms with Crippen molar-refractivity contribution in [2.45, 2.75) is 12.8 Å². The maximum absolute atomic E-state index is 15.1. The topological polar surface area (TPSA) is 97.8 Å². The first kappa shape index (κ1) is 27.1. The number of piperidine rings is 1. The lowest BCUT2D eigenvalue weighted by atomic mass is 9.98. The first-order valence-corrected chi connectivity index (χ1v) is 13.1. The van der Waals surface area contributed by atoms with E-state index < -0.39 is 5.82 Å². The Balaban J connectivity index is 1.31. The molecule has 5 rings (SSSR count). The molecular formula is C30H32FN5O4. The van der Waals surface area contributed by atoms with Gasteiger partial charge < -0.3 is 29.7 Å². The van der Waals surface area contributed by atoms with E-state index in [1.165, 1.54) is 19.5 Å². The van der Waals surface area contributed by atoms with E-state index in [-0.39, 0.29) is 11.6 Å². The predicted octanol–water partition coefficient (Wildman–Crippen LogP) is 5.50. The zero-order chi connectivity index (χ0) is 28.1. The van der Waals surface area contributed by atoms with Gasteiger partial charge in [-0.05, 0) is 81.4 Å². The molecule has 208 valence electrons. The molecule has 0 saturated carbocycles. The molecule has 1 saturated heterocycles. The van der Waals surface area contributed by atoms with Crippen LogP contribution in [0.15, 0.2) is 60.9 Å². The Kier molecular flexibility index (Phi) is 8.26. The number of nitrogens with one attached hydrogen (secondary N) is 2. The zero-order valence-electron chi connectivity index (χ0n) is 22.7. The first-order valence-electron chi connectivity index (χ1n) is 13.1. The molecule has 0 aliphatic carbocycles. The van der Waals surface area contributed by atoms with Gasteiger partial charge in [0.1, 0.15) is 23.7 Å². The summed E-state index contributed by atoms with van der Waals surface area (Å²) in [5, 5.41) is 6.41. The summed E-state index contributed by atoms with van der Waals surface area (Å²) in [6, 6.07) is 14.8. The fraction of sp³-hybridized carbons (Fsp3) is 0.300. The molecule has 1 aromatic heterocycles. The molecule has 0 radical (unpaired) electrons. The van der Waals surface area contributed by atoms with E-state index in [1.807, 2.05) is 6.07 Å². The molecule has 1 aliphatic rings. The van der Waals surface area contributed by atoms with Gasteiger partial charge in [-0.15, -0.1) is 0 Å². The fourth-order valence-corrected chi connectivity index (χ4v) is 4.66. The highest BCUT2D eigenvalue weighted by atomic mass is 19.1. The van der Waals surface area contributed by atoms with Crippen molar-refractivity contribution in [1.82, 2.24) is 14.9 Å². The lowest BCUT2D eigenvalue weighted by molar-refractivity contribution is 0.102. The van der Waals surface area contributed by atoms with Crippen LogP contribution in [0.1, 0.15) is 23.2 Å². The Morgan fingerprint density at radius 3 is 2.60 bits per heavy atom. The summed E-state index contributed by atoms with van der Waals surface area (Å²) >= 11 is 0. The highest BCUT2D eigenvalue weighted by Crippen LogP contribution is 2.36. The maximum Gasteiger partial charge on any atom is 0.255 e.